The first-order valence-corrected chi connectivity index (χ1v) is 11.4. The fourth-order valence-corrected chi connectivity index (χ4v) is 4.32. The molecule has 0 aliphatic carbocycles. The van der Waals surface area contributed by atoms with Crippen molar-refractivity contribution in [3.63, 3.8) is 0 Å². The van der Waals surface area contributed by atoms with Crippen molar-refractivity contribution in [2.45, 2.75) is 26.4 Å². The Morgan fingerprint density at radius 2 is 1.97 bits per heavy atom. The van der Waals surface area contributed by atoms with Crippen LogP contribution < -0.4 is 10.9 Å². The van der Waals surface area contributed by atoms with Crippen LogP contribution in [0.15, 0.2) is 59.4 Å². The molecule has 0 unspecified atom stereocenters. The molecule has 0 aliphatic rings. The van der Waals surface area contributed by atoms with E-state index in [0.29, 0.717) is 26.9 Å². The third-order valence-corrected chi connectivity index (χ3v) is 5.93. The summed E-state index contributed by atoms with van der Waals surface area (Å²) in [6.45, 7) is 1.87. The number of ether oxygens (including phenoxy) is 1. The molecular formula is C23H19ClN4O4S. The van der Waals surface area contributed by atoms with Crippen LogP contribution in [0.3, 0.4) is 0 Å². The van der Waals surface area contributed by atoms with Crippen molar-refractivity contribution in [1.29, 1.82) is 0 Å². The van der Waals surface area contributed by atoms with Crippen LogP contribution in [0.5, 0.6) is 0 Å². The number of hydrogen-bond acceptors (Lipinski definition) is 7. The minimum absolute atomic E-state index is 0.165. The third kappa shape index (κ3) is 5.27. The van der Waals surface area contributed by atoms with Crippen molar-refractivity contribution in [2.24, 2.45) is 0 Å². The van der Waals surface area contributed by atoms with E-state index in [0.717, 1.165) is 17.8 Å². The average molecular weight is 483 g/mol. The molecule has 0 aliphatic heterocycles. The minimum atomic E-state index is -0.609. The Labute approximate surface area is 197 Å². The van der Waals surface area contributed by atoms with Gasteiger partial charge in [-0.2, -0.15) is 9.61 Å². The van der Waals surface area contributed by atoms with E-state index in [4.69, 9.17) is 16.3 Å². The molecule has 0 saturated carbocycles. The summed E-state index contributed by atoms with van der Waals surface area (Å²) in [4.78, 5) is 42.1. The molecule has 0 fully saturated rings. The zero-order valence-electron chi connectivity index (χ0n) is 17.6. The van der Waals surface area contributed by atoms with Crippen molar-refractivity contribution in [1.82, 2.24) is 14.6 Å². The van der Waals surface area contributed by atoms with Crippen molar-refractivity contribution >= 4 is 45.5 Å². The Kier molecular flexibility index (Phi) is 6.81. The van der Waals surface area contributed by atoms with Gasteiger partial charge in [-0.05, 0) is 36.8 Å². The third-order valence-electron chi connectivity index (χ3n) is 4.63. The summed E-state index contributed by atoms with van der Waals surface area (Å²) in [5.74, 6) is -1.00. The SMILES string of the molecule is CCCc1nn2c(=O)cc(COC(=O)c3cccc(NC(=O)c4ccccc4Cl)c3)nc2s1. The zero-order valence-corrected chi connectivity index (χ0v) is 19.2. The van der Waals surface area contributed by atoms with E-state index in [1.165, 1.54) is 28.0 Å². The number of nitrogens with zero attached hydrogens (tertiary/aromatic N) is 3. The van der Waals surface area contributed by atoms with Gasteiger partial charge in [0.15, 0.2) is 0 Å². The molecule has 8 nitrogen and oxygen atoms in total. The molecule has 0 atom stereocenters. The number of nitrogens with one attached hydrogen (secondary N) is 1. The van der Waals surface area contributed by atoms with Crippen LogP contribution in [0, 0.1) is 0 Å². The lowest BCUT2D eigenvalue weighted by molar-refractivity contribution is 0.0467. The van der Waals surface area contributed by atoms with Crippen LogP contribution in [0.1, 0.15) is 44.8 Å². The number of esters is 1. The first kappa shape index (κ1) is 22.6. The molecule has 168 valence electrons. The first-order chi connectivity index (χ1) is 15.9. The lowest BCUT2D eigenvalue weighted by Crippen LogP contribution is -2.17. The van der Waals surface area contributed by atoms with Gasteiger partial charge in [-0.15, -0.1) is 0 Å². The van der Waals surface area contributed by atoms with Crippen LogP contribution >= 0.6 is 22.9 Å². The fourth-order valence-electron chi connectivity index (χ4n) is 3.08. The highest BCUT2D eigenvalue weighted by molar-refractivity contribution is 7.16. The smallest absolute Gasteiger partial charge is 0.338 e. The number of halogens is 1. The van der Waals surface area contributed by atoms with Gasteiger partial charge in [0.1, 0.15) is 11.6 Å². The summed E-state index contributed by atoms with van der Waals surface area (Å²) in [6, 6.07) is 14.3. The van der Waals surface area contributed by atoms with Crippen LogP contribution in [-0.4, -0.2) is 26.5 Å². The number of aromatic nitrogens is 3. The Bertz CT molecular complexity index is 1400. The van der Waals surface area contributed by atoms with Gasteiger partial charge in [0.2, 0.25) is 4.96 Å². The molecule has 0 spiro atoms. The topological polar surface area (TPSA) is 103 Å². The summed E-state index contributed by atoms with van der Waals surface area (Å²) in [6.07, 6.45) is 1.68. The van der Waals surface area contributed by atoms with Crippen LogP contribution in [0.4, 0.5) is 5.69 Å². The molecule has 1 amide bonds. The average Bonchev–Trinajstić information content (AvgIpc) is 3.21. The predicted molar refractivity (Wildman–Crippen MR) is 126 cm³/mol. The van der Waals surface area contributed by atoms with E-state index >= 15 is 0 Å². The van der Waals surface area contributed by atoms with E-state index in [-0.39, 0.29) is 17.7 Å². The lowest BCUT2D eigenvalue weighted by atomic mass is 10.1. The van der Waals surface area contributed by atoms with Crippen LogP contribution in [0.2, 0.25) is 5.02 Å². The number of amides is 1. The maximum atomic E-state index is 12.5. The molecule has 0 saturated heterocycles. The van der Waals surface area contributed by atoms with Gasteiger partial charge in [0, 0.05) is 18.2 Å². The van der Waals surface area contributed by atoms with Gasteiger partial charge < -0.3 is 10.1 Å². The molecule has 2 aromatic heterocycles. The van der Waals surface area contributed by atoms with Gasteiger partial charge in [-0.3, -0.25) is 9.59 Å². The maximum absolute atomic E-state index is 12.5. The summed E-state index contributed by atoms with van der Waals surface area (Å²) < 4.78 is 6.59. The van der Waals surface area contributed by atoms with Crippen molar-refractivity contribution in [3.8, 4) is 0 Å². The van der Waals surface area contributed by atoms with Gasteiger partial charge in [0.05, 0.1) is 21.8 Å². The maximum Gasteiger partial charge on any atom is 0.338 e. The molecule has 10 heteroatoms. The number of benzene rings is 2. The molecule has 0 bridgehead atoms. The number of carbonyl (C=O) groups excluding carboxylic acids is 2. The Hall–Kier alpha value is -3.56. The zero-order chi connectivity index (χ0) is 23.4. The summed E-state index contributed by atoms with van der Waals surface area (Å²) in [5.41, 5.74) is 0.996. The number of rotatable bonds is 7. The second-order valence-electron chi connectivity index (χ2n) is 7.12. The molecule has 0 radical (unpaired) electrons. The van der Waals surface area contributed by atoms with E-state index in [2.05, 4.69) is 15.4 Å². The Morgan fingerprint density at radius 1 is 1.15 bits per heavy atom. The Morgan fingerprint density at radius 3 is 2.76 bits per heavy atom. The number of anilines is 1. The summed E-state index contributed by atoms with van der Waals surface area (Å²) in [7, 11) is 0. The van der Waals surface area contributed by atoms with Crippen molar-refractivity contribution in [2.75, 3.05) is 5.32 Å². The highest BCUT2D eigenvalue weighted by Crippen LogP contribution is 2.19. The van der Waals surface area contributed by atoms with Gasteiger partial charge in [0.25, 0.3) is 11.5 Å². The molecule has 4 rings (SSSR count). The largest absolute Gasteiger partial charge is 0.456 e. The second-order valence-corrected chi connectivity index (χ2v) is 8.56. The molecular weight excluding hydrogens is 464 g/mol. The number of fused-ring (bicyclic) bond motifs is 1. The normalized spacial score (nSPS) is 10.8. The summed E-state index contributed by atoms with van der Waals surface area (Å²) in [5, 5.41) is 8.12. The lowest BCUT2D eigenvalue weighted by Gasteiger charge is -2.09. The minimum Gasteiger partial charge on any atom is -0.456 e. The highest BCUT2D eigenvalue weighted by Gasteiger charge is 2.14. The van der Waals surface area contributed by atoms with Crippen molar-refractivity contribution in [3.05, 3.63) is 91.8 Å². The quantitative estimate of drug-likeness (QED) is 0.392. The van der Waals surface area contributed by atoms with E-state index in [1.54, 1.807) is 42.5 Å². The van der Waals surface area contributed by atoms with E-state index in [9.17, 15) is 14.4 Å². The van der Waals surface area contributed by atoms with E-state index in [1.807, 2.05) is 6.92 Å². The standard InChI is InChI=1S/C23H19ClN4O4S/c1-2-6-19-27-28-20(29)12-16(26-23(28)33-19)13-32-22(31)14-7-5-8-15(11-14)25-21(30)17-9-3-4-10-18(17)24/h3-5,7-12H,2,6,13H2,1H3,(H,25,30). The fraction of sp³-hybridized carbons (Fsp3) is 0.174. The molecule has 2 aromatic carbocycles. The van der Waals surface area contributed by atoms with Gasteiger partial charge >= 0.3 is 5.97 Å². The predicted octanol–water partition coefficient (Wildman–Crippen LogP) is 4.37. The molecule has 2 heterocycles. The van der Waals surface area contributed by atoms with Gasteiger partial charge in [-0.25, -0.2) is 9.78 Å². The van der Waals surface area contributed by atoms with Crippen molar-refractivity contribution < 1.29 is 14.3 Å². The van der Waals surface area contributed by atoms with Crippen LogP contribution in [-0.2, 0) is 17.8 Å². The van der Waals surface area contributed by atoms with E-state index < -0.39 is 11.9 Å². The first-order valence-electron chi connectivity index (χ1n) is 10.2. The Balaban J connectivity index is 1.44. The monoisotopic (exact) mass is 482 g/mol. The number of aryl methyl sites for hydroxylation is 1. The second kappa shape index (κ2) is 9.93. The number of hydrogen-bond donors (Lipinski definition) is 1. The summed E-state index contributed by atoms with van der Waals surface area (Å²) >= 11 is 7.40. The van der Waals surface area contributed by atoms with Crippen LogP contribution in [0.25, 0.3) is 4.96 Å². The highest BCUT2D eigenvalue weighted by atomic mass is 35.5. The van der Waals surface area contributed by atoms with Gasteiger partial charge in [-0.1, -0.05) is 48.1 Å². The molecule has 4 aromatic rings. The molecule has 1 N–H and O–H groups in total. The molecule has 33 heavy (non-hydrogen) atoms. The number of carbonyl (C=O) groups is 2.